The lowest BCUT2D eigenvalue weighted by atomic mass is 10.1. The molecule has 2 rings (SSSR count). The summed E-state index contributed by atoms with van der Waals surface area (Å²) in [6.45, 7) is 0. The van der Waals surface area contributed by atoms with Crippen LogP contribution in [0.1, 0.15) is 5.56 Å². The molecule has 2 aromatic carbocycles. The first-order valence-electron chi connectivity index (χ1n) is 6.80. The van der Waals surface area contributed by atoms with Crippen molar-refractivity contribution in [3.8, 4) is 11.5 Å². The standard InChI is InChI=1S/C16H19NO4S/c1-20-15-9-8-13(12-16(15)21-2)10-11-22(18,19)17-14-6-4-3-5-7-14/h3-9,12,17H,10-11H2,1-2H3. The van der Waals surface area contributed by atoms with Gasteiger partial charge in [0, 0.05) is 5.69 Å². The molecular weight excluding hydrogens is 302 g/mol. The molecule has 0 aliphatic rings. The van der Waals surface area contributed by atoms with Crippen molar-refractivity contribution in [1.82, 2.24) is 0 Å². The van der Waals surface area contributed by atoms with Crippen molar-refractivity contribution in [3.05, 3.63) is 54.1 Å². The highest BCUT2D eigenvalue weighted by molar-refractivity contribution is 7.92. The molecule has 0 radical (unpaired) electrons. The number of benzene rings is 2. The molecule has 0 amide bonds. The van der Waals surface area contributed by atoms with Crippen molar-refractivity contribution >= 4 is 15.7 Å². The summed E-state index contributed by atoms with van der Waals surface area (Å²) in [4.78, 5) is 0. The molecule has 1 N–H and O–H groups in total. The molecule has 0 atom stereocenters. The Hall–Kier alpha value is -2.21. The number of hydrogen-bond acceptors (Lipinski definition) is 4. The van der Waals surface area contributed by atoms with Crippen LogP contribution in [0.3, 0.4) is 0 Å². The fraction of sp³-hybridized carbons (Fsp3) is 0.250. The Balaban J connectivity index is 2.03. The lowest BCUT2D eigenvalue weighted by Crippen LogP contribution is -2.18. The second-order valence-corrected chi connectivity index (χ2v) is 6.57. The van der Waals surface area contributed by atoms with Crippen LogP contribution in [0.4, 0.5) is 5.69 Å². The van der Waals surface area contributed by atoms with Crippen LogP contribution in [0.2, 0.25) is 0 Å². The summed E-state index contributed by atoms with van der Waals surface area (Å²) in [5.74, 6) is 1.21. The SMILES string of the molecule is COc1ccc(CCS(=O)(=O)Nc2ccccc2)cc1OC. The molecule has 0 bridgehead atoms. The predicted octanol–water partition coefficient (Wildman–Crippen LogP) is 2.69. The van der Waals surface area contributed by atoms with Crippen LogP contribution >= 0.6 is 0 Å². The molecule has 0 heterocycles. The third kappa shape index (κ3) is 4.39. The molecule has 0 saturated carbocycles. The van der Waals surface area contributed by atoms with Crippen molar-refractivity contribution in [3.63, 3.8) is 0 Å². The van der Waals surface area contributed by atoms with Crippen molar-refractivity contribution in [2.45, 2.75) is 6.42 Å². The zero-order valence-corrected chi connectivity index (χ0v) is 13.4. The van der Waals surface area contributed by atoms with E-state index in [0.717, 1.165) is 5.56 Å². The summed E-state index contributed by atoms with van der Waals surface area (Å²) in [7, 11) is -0.278. The van der Waals surface area contributed by atoms with E-state index in [1.54, 1.807) is 50.6 Å². The topological polar surface area (TPSA) is 64.6 Å². The van der Waals surface area contributed by atoms with Gasteiger partial charge in [0.05, 0.1) is 20.0 Å². The van der Waals surface area contributed by atoms with E-state index in [1.807, 2.05) is 12.1 Å². The Labute approximate surface area is 130 Å². The first-order valence-corrected chi connectivity index (χ1v) is 8.46. The number of para-hydroxylation sites is 1. The van der Waals surface area contributed by atoms with E-state index in [1.165, 1.54) is 0 Å². The normalized spacial score (nSPS) is 11.0. The minimum atomic E-state index is -3.39. The highest BCUT2D eigenvalue weighted by Gasteiger charge is 2.12. The van der Waals surface area contributed by atoms with Crippen LogP contribution in [-0.2, 0) is 16.4 Å². The number of hydrogen-bond donors (Lipinski definition) is 1. The zero-order chi connectivity index (χ0) is 16.0. The predicted molar refractivity (Wildman–Crippen MR) is 87.1 cm³/mol. The fourth-order valence-corrected chi connectivity index (χ4v) is 3.13. The minimum absolute atomic E-state index is 0.00260. The number of nitrogens with one attached hydrogen (secondary N) is 1. The van der Waals surface area contributed by atoms with Crippen LogP contribution in [0, 0.1) is 0 Å². The van der Waals surface area contributed by atoms with Crippen LogP contribution in [0.15, 0.2) is 48.5 Å². The first-order chi connectivity index (χ1) is 10.5. The fourth-order valence-electron chi connectivity index (χ4n) is 2.03. The van der Waals surface area contributed by atoms with E-state index in [4.69, 9.17) is 9.47 Å². The third-order valence-corrected chi connectivity index (χ3v) is 4.44. The maximum absolute atomic E-state index is 12.1. The van der Waals surface area contributed by atoms with Crippen LogP contribution in [0.5, 0.6) is 11.5 Å². The Bertz CT molecular complexity index is 714. The number of aryl methyl sites for hydroxylation is 1. The molecule has 22 heavy (non-hydrogen) atoms. The van der Waals surface area contributed by atoms with E-state index in [9.17, 15) is 8.42 Å². The van der Waals surface area contributed by atoms with Crippen molar-refractivity contribution in [2.75, 3.05) is 24.7 Å². The molecular formula is C16H19NO4S. The number of ether oxygens (including phenoxy) is 2. The molecule has 5 nitrogen and oxygen atoms in total. The van der Waals surface area contributed by atoms with Gasteiger partial charge in [0.25, 0.3) is 0 Å². The summed E-state index contributed by atoms with van der Waals surface area (Å²) in [5.41, 5.74) is 1.44. The van der Waals surface area contributed by atoms with Gasteiger partial charge >= 0.3 is 0 Å². The second-order valence-electron chi connectivity index (χ2n) is 4.73. The van der Waals surface area contributed by atoms with Gasteiger partial charge in [0.1, 0.15) is 0 Å². The zero-order valence-electron chi connectivity index (χ0n) is 12.6. The lowest BCUT2D eigenvalue weighted by Gasteiger charge is -2.10. The van der Waals surface area contributed by atoms with Gasteiger partial charge in [0.15, 0.2) is 11.5 Å². The monoisotopic (exact) mass is 321 g/mol. The molecule has 2 aromatic rings. The molecule has 118 valence electrons. The number of methoxy groups -OCH3 is 2. The van der Waals surface area contributed by atoms with E-state index in [2.05, 4.69) is 4.72 Å². The molecule has 0 spiro atoms. The van der Waals surface area contributed by atoms with Crippen LogP contribution in [-0.4, -0.2) is 28.4 Å². The van der Waals surface area contributed by atoms with Gasteiger partial charge in [0.2, 0.25) is 10.0 Å². The van der Waals surface area contributed by atoms with Crippen LogP contribution in [0.25, 0.3) is 0 Å². The Morgan fingerprint density at radius 3 is 2.27 bits per heavy atom. The van der Waals surface area contributed by atoms with Gasteiger partial charge in [-0.15, -0.1) is 0 Å². The van der Waals surface area contributed by atoms with Gasteiger partial charge in [-0.3, -0.25) is 4.72 Å². The van der Waals surface area contributed by atoms with Gasteiger partial charge in [-0.25, -0.2) is 8.42 Å². The maximum atomic E-state index is 12.1. The molecule has 0 aromatic heterocycles. The summed E-state index contributed by atoms with van der Waals surface area (Å²) in [5, 5.41) is 0. The van der Waals surface area contributed by atoms with Crippen molar-refractivity contribution < 1.29 is 17.9 Å². The summed E-state index contributed by atoms with van der Waals surface area (Å²) < 4.78 is 37.1. The van der Waals surface area contributed by atoms with Gasteiger partial charge in [-0.1, -0.05) is 24.3 Å². The van der Waals surface area contributed by atoms with Crippen molar-refractivity contribution in [2.24, 2.45) is 0 Å². The average molecular weight is 321 g/mol. The molecule has 0 fully saturated rings. The quantitative estimate of drug-likeness (QED) is 0.851. The molecule has 0 aliphatic heterocycles. The maximum Gasteiger partial charge on any atom is 0.233 e. The minimum Gasteiger partial charge on any atom is -0.493 e. The Kier molecular flexibility index (Phi) is 5.27. The van der Waals surface area contributed by atoms with E-state index in [-0.39, 0.29) is 5.75 Å². The average Bonchev–Trinajstić information content (AvgIpc) is 2.53. The highest BCUT2D eigenvalue weighted by Crippen LogP contribution is 2.27. The van der Waals surface area contributed by atoms with E-state index >= 15 is 0 Å². The largest absolute Gasteiger partial charge is 0.493 e. The van der Waals surface area contributed by atoms with Gasteiger partial charge < -0.3 is 9.47 Å². The van der Waals surface area contributed by atoms with E-state index in [0.29, 0.717) is 23.6 Å². The second kappa shape index (κ2) is 7.17. The summed E-state index contributed by atoms with van der Waals surface area (Å²) in [6, 6.07) is 14.2. The molecule has 0 saturated heterocycles. The van der Waals surface area contributed by atoms with Gasteiger partial charge in [-0.05, 0) is 36.2 Å². The number of anilines is 1. The Morgan fingerprint density at radius 1 is 0.955 bits per heavy atom. The number of sulfonamides is 1. The molecule has 0 unspecified atom stereocenters. The Morgan fingerprint density at radius 2 is 1.64 bits per heavy atom. The third-order valence-electron chi connectivity index (χ3n) is 3.15. The smallest absolute Gasteiger partial charge is 0.233 e. The molecule has 6 heteroatoms. The van der Waals surface area contributed by atoms with Crippen molar-refractivity contribution in [1.29, 1.82) is 0 Å². The number of rotatable bonds is 7. The highest BCUT2D eigenvalue weighted by atomic mass is 32.2. The first kappa shape index (κ1) is 16.2. The summed E-state index contributed by atoms with van der Waals surface area (Å²) >= 11 is 0. The van der Waals surface area contributed by atoms with E-state index < -0.39 is 10.0 Å². The van der Waals surface area contributed by atoms with Crippen LogP contribution < -0.4 is 14.2 Å². The van der Waals surface area contributed by atoms with Gasteiger partial charge in [-0.2, -0.15) is 0 Å². The molecule has 0 aliphatic carbocycles. The lowest BCUT2D eigenvalue weighted by molar-refractivity contribution is 0.354. The summed E-state index contributed by atoms with van der Waals surface area (Å²) in [6.07, 6.45) is 0.391.